The Kier molecular flexibility index (Phi) is 4.04. The molecule has 0 aliphatic rings. The zero-order chi connectivity index (χ0) is 13.1. The van der Waals surface area contributed by atoms with Crippen molar-refractivity contribution >= 4 is 33.4 Å². The van der Waals surface area contributed by atoms with Crippen molar-refractivity contribution < 1.29 is 4.79 Å². The van der Waals surface area contributed by atoms with Crippen molar-refractivity contribution in [2.75, 3.05) is 7.05 Å². The van der Waals surface area contributed by atoms with Crippen LogP contribution >= 0.6 is 27.5 Å². The minimum Gasteiger partial charge on any atom is -0.337 e. The number of aromatic nitrogens is 2. The predicted octanol–water partition coefficient (Wildman–Crippen LogP) is 3.10. The highest BCUT2D eigenvalue weighted by Gasteiger charge is 2.15. The molecule has 0 radical (unpaired) electrons. The third-order valence-corrected chi connectivity index (χ3v) is 3.29. The third-order valence-electron chi connectivity index (χ3n) is 2.48. The summed E-state index contributed by atoms with van der Waals surface area (Å²) in [6.07, 6.45) is 3.44. The van der Waals surface area contributed by atoms with Crippen molar-refractivity contribution in [3.05, 3.63) is 51.2 Å². The number of halogens is 2. The Bertz CT molecular complexity index is 556. The zero-order valence-corrected chi connectivity index (χ0v) is 12.0. The molecule has 0 saturated carbocycles. The van der Waals surface area contributed by atoms with Gasteiger partial charge in [0.25, 0.3) is 5.91 Å². The van der Waals surface area contributed by atoms with E-state index in [4.69, 9.17) is 11.6 Å². The minimum absolute atomic E-state index is 0.117. The van der Waals surface area contributed by atoms with Crippen LogP contribution in [0.2, 0.25) is 5.02 Å². The number of nitrogens with one attached hydrogen (secondary N) is 1. The number of carbonyl (C=O) groups excluding carboxylic acids is 1. The summed E-state index contributed by atoms with van der Waals surface area (Å²) in [5.41, 5.74) is 1.44. The molecule has 18 heavy (non-hydrogen) atoms. The molecule has 0 saturated heterocycles. The second kappa shape index (κ2) is 5.54. The first-order chi connectivity index (χ1) is 8.58. The second-order valence-corrected chi connectivity index (χ2v) is 5.21. The van der Waals surface area contributed by atoms with Crippen molar-refractivity contribution in [1.82, 2.24) is 15.1 Å². The summed E-state index contributed by atoms with van der Waals surface area (Å²) in [4.78, 5) is 13.8. The molecular formula is C12H11BrClN3O. The molecule has 2 aromatic rings. The maximum absolute atomic E-state index is 12.2. The highest BCUT2D eigenvalue weighted by molar-refractivity contribution is 9.10. The summed E-state index contributed by atoms with van der Waals surface area (Å²) in [6, 6.07) is 5.21. The van der Waals surface area contributed by atoms with Gasteiger partial charge in [0, 0.05) is 29.8 Å². The van der Waals surface area contributed by atoms with Crippen LogP contribution in [0.4, 0.5) is 0 Å². The number of aromatic amines is 1. The molecule has 1 aromatic carbocycles. The number of carbonyl (C=O) groups is 1. The van der Waals surface area contributed by atoms with Gasteiger partial charge < -0.3 is 4.90 Å². The van der Waals surface area contributed by atoms with E-state index in [0.29, 0.717) is 17.1 Å². The van der Waals surface area contributed by atoms with Crippen molar-refractivity contribution in [3.63, 3.8) is 0 Å². The summed E-state index contributed by atoms with van der Waals surface area (Å²) in [7, 11) is 1.73. The highest BCUT2D eigenvalue weighted by Crippen LogP contribution is 2.22. The van der Waals surface area contributed by atoms with Crippen LogP contribution in [0.15, 0.2) is 35.1 Å². The van der Waals surface area contributed by atoms with Crippen LogP contribution in [0.25, 0.3) is 0 Å². The molecule has 0 bridgehead atoms. The molecule has 0 spiro atoms. The maximum atomic E-state index is 12.2. The Balaban J connectivity index is 2.15. The zero-order valence-electron chi connectivity index (χ0n) is 9.65. The van der Waals surface area contributed by atoms with Crippen molar-refractivity contribution in [2.45, 2.75) is 6.54 Å². The SMILES string of the molecule is CN(Cc1cn[nH]c1)C(=O)c1ccc(Br)cc1Cl. The van der Waals surface area contributed by atoms with E-state index in [1.165, 1.54) is 0 Å². The lowest BCUT2D eigenvalue weighted by molar-refractivity contribution is 0.0785. The van der Waals surface area contributed by atoms with Gasteiger partial charge >= 0.3 is 0 Å². The van der Waals surface area contributed by atoms with Gasteiger partial charge in [-0.2, -0.15) is 5.10 Å². The first-order valence-corrected chi connectivity index (χ1v) is 6.43. The Labute approximate surface area is 118 Å². The average molecular weight is 329 g/mol. The summed E-state index contributed by atoms with van der Waals surface area (Å²) in [6.45, 7) is 0.488. The van der Waals surface area contributed by atoms with E-state index in [2.05, 4.69) is 26.1 Å². The van der Waals surface area contributed by atoms with Crippen LogP contribution < -0.4 is 0 Å². The van der Waals surface area contributed by atoms with E-state index < -0.39 is 0 Å². The van der Waals surface area contributed by atoms with Gasteiger partial charge in [-0.15, -0.1) is 0 Å². The molecule has 0 atom stereocenters. The second-order valence-electron chi connectivity index (χ2n) is 3.89. The summed E-state index contributed by atoms with van der Waals surface area (Å²) >= 11 is 9.36. The molecule has 6 heteroatoms. The summed E-state index contributed by atoms with van der Waals surface area (Å²) < 4.78 is 0.849. The van der Waals surface area contributed by atoms with Crippen molar-refractivity contribution in [2.24, 2.45) is 0 Å². The number of rotatable bonds is 3. The van der Waals surface area contributed by atoms with E-state index in [-0.39, 0.29) is 5.91 Å². The van der Waals surface area contributed by atoms with Crippen LogP contribution in [0.5, 0.6) is 0 Å². The maximum Gasteiger partial charge on any atom is 0.255 e. The number of hydrogen-bond acceptors (Lipinski definition) is 2. The van der Waals surface area contributed by atoms with Crippen molar-refractivity contribution in [3.8, 4) is 0 Å². The van der Waals surface area contributed by atoms with Gasteiger partial charge in [-0.25, -0.2) is 0 Å². The van der Waals surface area contributed by atoms with Gasteiger partial charge in [0.1, 0.15) is 0 Å². The smallest absolute Gasteiger partial charge is 0.255 e. The molecule has 1 N–H and O–H groups in total. The summed E-state index contributed by atoms with van der Waals surface area (Å²) in [5.74, 6) is -0.117. The van der Waals surface area contributed by atoms with Gasteiger partial charge in [0.05, 0.1) is 16.8 Å². The molecule has 0 aliphatic carbocycles. The number of H-pyrrole nitrogens is 1. The largest absolute Gasteiger partial charge is 0.337 e. The first kappa shape index (κ1) is 13.1. The first-order valence-electron chi connectivity index (χ1n) is 5.26. The topological polar surface area (TPSA) is 49.0 Å². The number of amides is 1. The Morgan fingerprint density at radius 2 is 2.33 bits per heavy atom. The summed E-state index contributed by atoms with van der Waals surface area (Å²) in [5, 5.41) is 6.99. The monoisotopic (exact) mass is 327 g/mol. The van der Waals surface area contributed by atoms with Gasteiger partial charge in [-0.3, -0.25) is 9.89 Å². The van der Waals surface area contributed by atoms with Gasteiger partial charge in [-0.05, 0) is 18.2 Å². The number of hydrogen-bond donors (Lipinski definition) is 1. The fourth-order valence-electron chi connectivity index (χ4n) is 1.58. The molecule has 0 fully saturated rings. The van der Waals surface area contributed by atoms with E-state index in [1.807, 2.05) is 0 Å². The van der Waals surface area contributed by atoms with Crippen LogP contribution in [-0.4, -0.2) is 28.1 Å². The molecule has 1 heterocycles. The van der Waals surface area contributed by atoms with Gasteiger partial charge in [-0.1, -0.05) is 27.5 Å². The van der Waals surface area contributed by atoms with E-state index in [0.717, 1.165) is 10.0 Å². The lowest BCUT2D eigenvalue weighted by Crippen LogP contribution is -2.26. The molecule has 0 unspecified atom stereocenters. The Morgan fingerprint density at radius 3 is 2.94 bits per heavy atom. The molecule has 0 aliphatic heterocycles. The van der Waals surface area contributed by atoms with Crippen molar-refractivity contribution in [1.29, 1.82) is 0 Å². The predicted molar refractivity (Wildman–Crippen MR) is 73.5 cm³/mol. The quantitative estimate of drug-likeness (QED) is 0.941. The molecular weight excluding hydrogens is 318 g/mol. The number of benzene rings is 1. The van der Waals surface area contributed by atoms with Crippen LogP contribution in [0, 0.1) is 0 Å². The van der Waals surface area contributed by atoms with Gasteiger partial charge in [0.15, 0.2) is 0 Å². The molecule has 4 nitrogen and oxygen atoms in total. The Morgan fingerprint density at radius 1 is 1.56 bits per heavy atom. The molecule has 1 aromatic heterocycles. The fraction of sp³-hybridized carbons (Fsp3) is 0.167. The van der Waals surface area contributed by atoms with Crippen LogP contribution in [0.3, 0.4) is 0 Å². The van der Waals surface area contributed by atoms with E-state index in [1.54, 1.807) is 42.5 Å². The van der Waals surface area contributed by atoms with E-state index >= 15 is 0 Å². The normalized spacial score (nSPS) is 10.4. The highest BCUT2D eigenvalue weighted by atomic mass is 79.9. The fourth-order valence-corrected chi connectivity index (χ4v) is 2.33. The van der Waals surface area contributed by atoms with Crippen LogP contribution in [-0.2, 0) is 6.54 Å². The standard InChI is InChI=1S/C12H11BrClN3O/c1-17(7-8-5-15-16-6-8)12(18)10-3-2-9(13)4-11(10)14/h2-6H,7H2,1H3,(H,15,16). The molecule has 1 amide bonds. The molecule has 94 valence electrons. The number of nitrogens with zero attached hydrogens (tertiary/aromatic N) is 2. The third kappa shape index (κ3) is 2.91. The van der Waals surface area contributed by atoms with E-state index in [9.17, 15) is 4.79 Å². The lowest BCUT2D eigenvalue weighted by atomic mass is 10.2. The average Bonchev–Trinajstić information content (AvgIpc) is 2.81. The minimum atomic E-state index is -0.117. The van der Waals surface area contributed by atoms with Gasteiger partial charge in [0.2, 0.25) is 0 Å². The Hall–Kier alpha value is -1.33. The van der Waals surface area contributed by atoms with Crippen LogP contribution in [0.1, 0.15) is 15.9 Å². The lowest BCUT2D eigenvalue weighted by Gasteiger charge is -2.17. The molecule has 2 rings (SSSR count).